The van der Waals surface area contributed by atoms with Gasteiger partial charge < -0.3 is 14.2 Å². The standard InChI is InChI=1S/C14H22O4/c1-4-16-12(15)13(2,3)11-5-7-14(8-6-11)17-9-10-18-14/h5H,4,6-10H2,1-3H3. The lowest BCUT2D eigenvalue weighted by molar-refractivity contribution is -0.164. The molecule has 2 rings (SSSR count). The smallest absolute Gasteiger partial charge is 0.315 e. The Hall–Kier alpha value is -0.870. The molecular formula is C14H22O4. The molecule has 0 aromatic carbocycles. The van der Waals surface area contributed by atoms with Gasteiger partial charge in [-0.05, 0) is 27.2 Å². The third kappa shape index (κ3) is 2.45. The Kier molecular flexibility index (Phi) is 3.78. The molecule has 0 radical (unpaired) electrons. The lowest BCUT2D eigenvalue weighted by atomic mass is 9.77. The van der Waals surface area contributed by atoms with E-state index >= 15 is 0 Å². The van der Waals surface area contributed by atoms with Crippen LogP contribution in [0.25, 0.3) is 0 Å². The summed E-state index contributed by atoms with van der Waals surface area (Å²) in [6.45, 7) is 7.44. The third-order valence-electron chi connectivity index (χ3n) is 3.84. The van der Waals surface area contributed by atoms with Gasteiger partial charge in [0.2, 0.25) is 0 Å². The summed E-state index contributed by atoms with van der Waals surface area (Å²) < 4.78 is 16.5. The van der Waals surface area contributed by atoms with Crippen LogP contribution in [0, 0.1) is 5.41 Å². The summed E-state index contributed by atoms with van der Waals surface area (Å²) in [7, 11) is 0. The lowest BCUT2D eigenvalue weighted by Gasteiger charge is -2.35. The van der Waals surface area contributed by atoms with Crippen molar-refractivity contribution in [1.29, 1.82) is 0 Å². The number of esters is 1. The van der Waals surface area contributed by atoms with Gasteiger partial charge in [0.05, 0.1) is 25.2 Å². The molecule has 1 aliphatic heterocycles. The Balaban J connectivity index is 2.06. The average Bonchev–Trinajstić information content (AvgIpc) is 2.78. The van der Waals surface area contributed by atoms with Crippen molar-refractivity contribution in [3.63, 3.8) is 0 Å². The van der Waals surface area contributed by atoms with E-state index in [1.807, 2.05) is 20.8 Å². The monoisotopic (exact) mass is 254 g/mol. The second-order valence-electron chi connectivity index (χ2n) is 5.39. The van der Waals surface area contributed by atoms with Crippen LogP contribution in [0.4, 0.5) is 0 Å². The van der Waals surface area contributed by atoms with Crippen LogP contribution in [-0.4, -0.2) is 31.6 Å². The molecule has 0 aromatic rings. The fourth-order valence-electron chi connectivity index (χ4n) is 2.58. The molecule has 0 aromatic heterocycles. The number of carbonyl (C=O) groups excluding carboxylic acids is 1. The van der Waals surface area contributed by atoms with E-state index < -0.39 is 11.2 Å². The molecule has 18 heavy (non-hydrogen) atoms. The quantitative estimate of drug-likeness (QED) is 0.573. The maximum Gasteiger partial charge on any atom is 0.315 e. The summed E-state index contributed by atoms with van der Waals surface area (Å²) in [5, 5.41) is 0. The second-order valence-corrected chi connectivity index (χ2v) is 5.39. The third-order valence-corrected chi connectivity index (χ3v) is 3.84. The Morgan fingerprint density at radius 1 is 1.44 bits per heavy atom. The molecule has 2 aliphatic rings. The molecule has 0 bridgehead atoms. The minimum Gasteiger partial charge on any atom is -0.465 e. The van der Waals surface area contributed by atoms with E-state index in [0.29, 0.717) is 19.8 Å². The van der Waals surface area contributed by atoms with E-state index in [0.717, 1.165) is 24.8 Å². The highest BCUT2D eigenvalue weighted by molar-refractivity contribution is 5.79. The number of carbonyl (C=O) groups is 1. The van der Waals surface area contributed by atoms with Crippen molar-refractivity contribution >= 4 is 5.97 Å². The van der Waals surface area contributed by atoms with Gasteiger partial charge in [-0.3, -0.25) is 4.79 Å². The summed E-state index contributed by atoms with van der Waals surface area (Å²) in [5.74, 6) is -0.575. The zero-order valence-electron chi connectivity index (χ0n) is 11.5. The molecule has 1 fully saturated rings. The minimum atomic E-state index is -0.545. The van der Waals surface area contributed by atoms with Crippen LogP contribution in [-0.2, 0) is 19.0 Å². The maximum atomic E-state index is 12.0. The molecule has 0 saturated carbocycles. The van der Waals surface area contributed by atoms with Gasteiger partial charge in [-0.25, -0.2) is 0 Å². The molecule has 1 heterocycles. The summed E-state index contributed by atoms with van der Waals surface area (Å²) >= 11 is 0. The van der Waals surface area contributed by atoms with Gasteiger partial charge in [0.25, 0.3) is 0 Å². The first-order valence-corrected chi connectivity index (χ1v) is 6.65. The van der Waals surface area contributed by atoms with Crippen LogP contribution in [0.5, 0.6) is 0 Å². The molecule has 1 aliphatic carbocycles. The highest BCUT2D eigenvalue weighted by Crippen LogP contribution is 2.41. The fourth-order valence-corrected chi connectivity index (χ4v) is 2.58. The first-order chi connectivity index (χ1) is 8.50. The predicted molar refractivity (Wildman–Crippen MR) is 67.0 cm³/mol. The van der Waals surface area contributed by atoms with E-state index in [-0.39, 0.29) is 5.97 Å². The molecule has 1 spiro atoms. The Morgan fingerprint density at radius 3 is 2.61 bits per heavy atom. The summed E-state index contributed by atoms with van der Waals surface area (Å²) in [4.78, 5) is 12.0. The molecule has 0 atom stereocenters. The molecule has 4 nitrogen and oxygen atoms in total. The van der Waals surface area contributed by atoms with Crippen molar-refractivity contribution in [3.05, 3.63) is 11.6 Å². The molecule has 102 valence electrons. The van der Waals surface area contributed by atoms with Gasteiger partial charge >= 0.3 is 5.97 Å². The minimum absolute atomic E-state index is 0.152. The number of ether oxygens (including phenoxy) is 3. The number of hydrogen-bond donors (Lipinski definition) is 0. The van der Waals surface area contributed by atoms with E-state index in [9.17, 15) is 4.79 Å². The molecule has 0 unspecified atom stereocenters. The van der Waals surface area contributed by atoms with Gasteiger partial charge in [-0.15, -0.1) is 0 Å². The number of hydrogen-bond acceptors (Lipinski definition) is 4. The maximum absolute atomic E-state index is 12.0. The van der Waals surface area contributed by atoms with Gasteiger partial charge in [-0.2, -0.15) is 0 Å². The zero-order valence-corrected chi connectivity index (χ0v) is 11.5. The topological polar surface area (TPSA) is 44.8 Å². The van der Waals surface area contributed by atoms with E-state index in [2.05, 4.69) is 6.08 Å². The van der Waals surface area contributed by atoms with Gasteiger partial charge in [-0.1, -0.05) is 11.6 Å². The average molecular weight is 254 g/mol. The lowest BCUT2D eigenvalue weighted by Crippen LogP contribution is -2.36. The largest absolute Gasteiger partial charge is 0.465 e. The van der Waals surface area contributed by atoms with Gasteiger partial charge in [0, 0.05) is 12.8 Å². The Morgan fingerprint density at radius 2 is 2.11 bits per heavy atom. The normalized spacial score (nSPS) is 22.9. The number of rotatable bonds is 3. The van der Waals surface area contributed by atoms with E-state index in [1.165, 1.54) is 0 Å². The van der Waals surface area contributed by atoms with Gasteiger partial charge in [0.15, 0.2) is 5.79 Å². The molecule has 1 saturated heterocycles. The van der Waals surface area contributed by atoms with Crippen LogP contribution in [0.3, 0.4) is 0 Å². The summed E-state index contributed by atoms with van der Waals surface area (Å²) in [5.41, 5.74) is 0.585. The van der Waals surface area contributed by atoms with E-state index in [4.69, 9.17) is 14.2 Å². The van der Waals surface area contributed by atoms with Crippen LogP contribution in [0.15, 0.2) is 11.6 Å². The first-order valence-electron chi connectivity index (χ1n) is 6.65. The molecule has 0 amide bonds. The van der Waals surface area contributed by atoms with E-state index in [1.54, 1.807) is 0 Å². The van der Waals surface area contributed by atoms with Crippen LogP contribution >= 0.6 is 0 Å². The fraction of sp³-hybridized carbons (Fsp3) is 0.786. The van der Waals surface area contributed by atoms with Crippen molar-refractivity contribution < 1.29 is 19.0 Å². The summed E-state index contributed by atoms with van der Waals surface area (Å²) in [6.07, 6.45) is 4.46. The highest BCUT2D eigenvalue weighted by atomic mass is 16.7. The summed E-state index contributed by atoms with van der Waals surface area (Å²) in [6, 6.07) is 0. The van der Waals surface area contributed by atoms with Gasteiger partial charge in [0.1, 0.15) is 0 Å². The second kappa shape index (κ2) is 5.02. The van der Waals surface area contributed by atoms with Crippen LogP contribution in [0.2, 0.25) is 0 Å². The van der Waals surface area contributed by atoms with Crippen molar-refractivity contribution in [2.24, 2.45) is 5.41 Å². The predicted octanol–water partition coefficient (Wildman–Crippen LogP) is 2.43. The first kappa shape index (κ1) is 13.6. The molecule has 4 heteroatoms. The molecule has 0 N–H and O–H groups in total. The van der Waals surface area contributed by atoms with Crippen molar-refractivity contribution in [1.82, 2.24) is 0 Å². The van der Waals surface area contributed by atoms with Crippen molar-refractivity contribution in [2.45, 2.75) is 45.8 Å². The van der Waals surface area contributed by atoms with Crippen molar-refractivity contribution in [3.8, 4) is 0 Å². The Labute approximate surface area is 108 Å². The van der Waals surface area contributed by atoms with Crippen molar-refractivity contribution in [2.75, 3.05) is 19.8 Å². The molecular weight excluding hydrogens is 232 g/mol. The zero-order chi connectivity index (χ0) is 13.2. The van der Waals surface area contributed by atoms with Crippen LogP contribution in [0.1, 0.15) is 40.0 Å². The highest BCUT2D eigenvalue weighted by Gasteiger charge is 2.42. The van der Waals surface area contributed by atoms with Crippen LogP contribution < -0.4 is 0 Å². The Bertz CT molecular complexity index is 351. The SMILES string of the molecule is CCOC(=O)C(C)(C)C1=CCC2(CC1)OCCO2.